The molecule has 0 atom stereocenters. The average molecular weight is 1160 g/mol. The Kier molecular flexibility index (Phi) is 13.7. The van der Waals surface area contributed by atoms with E-state index in [2.05, 4.69) is 168 Å². The SMILES string of the molecule is CC(C)c1ccc2c(n1)oc1c(-c3nc4ccc5ccccc5c4n3CCCc3c(C(C)C)cc4ccccc4c3C(C)C)[c-]ccc12.[2H]C([2H])([2H])c1cc(-c2[c-]cc(F)c(-c3ccccc3)c2)ncc1[Si](C)(C)C.[Ir]. The minimum absolute atomic E-state index is 0. The van der Waals surface area contributed by atoms with Crippen LogP contribution in [0.2, 0.25) is 19.6 Å². The molecule has 4 heterocycles. The van der Waals surface area contributed by atoms with E-state index in [1.54, 1.807) is 18.3 Å². The van der Waals surface area contributed by atoms with Crippen LogP contribution in [0, 0.1) is 24.8 Å². The van der Waals surface area contributed by atoms with Gasteiger partial charge in [0.2, 0.25) is 5.71 Å². The first-order valence-corrected chi connectivity index (χ1v) is 28.8. The smallest absolute Gasteiger partial charge is 0.216 e. The van der Waals surface area contributed by atoms with Crippen LogP contribution in [0.3, 0.4) is 0 Å². The summed E-state index contributed by atoms with van der Waals surface area (Å²) in [5, 5.41) is 8.04. The second-order valence-corrected chi connectivity index (χ2v) is 26.1. The molecule has 7 aromatic carbocycles. The van der Waals surface area contributed by atoms with Crippen LogP contribution in [-0.4, -0.2) is 27.6 Å². The molecule has 11 aromatic rings. The first kappa shape index (κ1) is 47.4. The van der Waals surface area contributed by atoms with Crippen LogP contribution in [0.25, 0.3) is 88.4 Å². The Morgan fingerprint density at radius 1 is 0.726 bits per heavy atom. The number of fused-ring (bicyclic) bond motifs is 7. The molecule has 8 heteroatoms. The van der Waals surface area contributed by atoms with Gasteiger partial charge in [0.05, 0.1) is 30.5 Å². The van der Waals surface area contributed by atoms with Gasteiger partial charge in [0.15, 0.2) is 0 Å². The molecule has 0 fully saturated rings. The number of aryl methyl sites for hydroxylation is 2. The number of nitrogens with zero attached hydrogens (tertiary/aromatic N) is 4. The largest absolute Gasteiger partial charge is 0.486 e. The van der Waals surface area contributed by atoms with Crippen molar-refractivity contribution in [2.45, 2.75) is 105 Å². The minimum Gasteiger partial charge on any atom is -0.486 e. The van der Waals surface area contributed by atoms with Gasteiger partial charge in [-0.25, -0.2) is 4.98 Å². The Morgan fingerprint density at radius 3 is 2.19 bits per heavy atom. The molecule has 11 rings (SSSR count). The number of rotatable bonds is 11. The van der Waals surface area contributed by atoms with Crippen molar-refractivity contribution >= 4 is 67.9 Å². The summed E-state index contributed by atoms with van der Waals surface area (Å²) < 4.78 is 47.1. The molecule has 0 bridgehead atoms. The molecule has 4 aromatic heterocycles. The molecule has 5 nitrogen and oxygen atoms in total. The Morgan fingerprint density at radius 2 is 1.47 bits per heavy atom. The van der Waals surface area contributed by atoms with Gasteiger partial charge in [0, 0.05) is 59.2 Å². The number of hydrogen-bond donors (Lipinski definition) is 0. The van der Waals surface area contributed by atoms with E-state index in [4.69, 9.17) is 18.5 Å². The molecule has 371 valence electrons. The first-order valence-electron chi connectivity index (χ1n) is 26.8. The molecular weight excluding hydrogens is 1090 g/mol. The molecular formula is C65H63FIrN4OSi-2. The van der Waals surface area contributed by atoms with Gasteiger partial charge in [-0.05, 0) is 105 Å². The zero-order valence-corrected chi connectivity index (χ0v) is 46.5. The maximum absolute atomic E-state index is 14.3. The summed E-state index contributed by atoms with van der Waals surface area (Å²) in [6.45, 7) is 18.5. The zero-order chi connectivity index (χ0) is 52.9. The van der Waals surface area contributed by atoms with Crippen LogP contribution in [0.5, 0.6) is 0 Å². The van der Waals surface area contributed by atoms with Crippen LogP contribution in [0.4, 0.5) is 4.39 Å². The predicted octanol–water partition coefficient (Wildman–Crippen LogP) is 17.3. The van der Waals surface area contributed by atoms with Crippen molar-refractivity contribution in [1.29, 1.82) is 0 Å². The second kappa shape index (κ2) is 21.1. The quantitative estimate of drug-likeness (QED) is 0.0957. The molecule has 0 unspecified atom stereocenters. The third-order valence-electron chi connectivity index (χ3n) is 14.0. The van der Waals surface area contributed by atoms with Crippen molar-refractivity contribution in [2.24, 2.45) is 0 Å². The van der Waals surface area contributed by atoms with E-state index in [0.717, 1.165) is 74.6 Å². The number of hydrogen-bond acceptors (Lipinski definition) is 4. The van der Waals surface area contributed by atoms with Crippen molar-refractivity contribution in [3.63, 3.8) is 0 Å². The number of aromatic nitrogens is 4. The summed E-state index contributed by atoms with van der Waals surface area (Å²) in [6.07, 6.45) is 3.65. The number of imidazole rings is 1. The Balaban J connectivity index is 0.000000215. The summed E-state index contributed by atoms with van der Waals surface area (Å²) in [5.41, 5.74) is 12.6. The monoisotopic (exact) mass is 1160 g/mol. The van der Waals surface area contributed by atoms with Gasteiger partial charge < -0.3 is 14.0 Å². The van der Waals surface area contributed by atoms with Gasteiger partial charge in [-0.15, -0.1) is 42.0 Å². The van der Waals surface area contributed by atoms with Gasteiger partial charge in [-0.1, -0.05) is 180 Å². The fourth-order valence-corrected chi connectivity index (χ4v) is 11.7. The van der Waals surface area contributed by atoms with Gasteiger partial charge in [0.25, 0.3) is 0 Å². The molecule has 0 saturated carbocycles. The molecule has 0 aliphatic heterocycles. The van der Waals surface area contributed by atoms with Crippen molar-refractivity contribution in [3.8, 4) is 33.8 Å². The van der Waals surface area contributed by atoms with Crippen molar-refractivity contribution in [1.82, 2.24) is 19.5 Å². The van der Waals surface area contributed by atoms with E-state index in [1.807, 2.05) is 36.4 Å². The molecule has 0 spiro atoms. The third-order valence-corrected chi connectivity index (χ3v) is 16.0. The Bertz CT molecular complexity index is 3910. The van der Waals surface area contributed by atoms with Crippen LogP contribution in [0.1, 0.15) is 97.8 Å². The van der Waals surface area contributed by atoms with Crippen LogP contribution in [0.15, 0.2) is 150 Å². The van der Waals surface area contributed by atoms with Crippen molar-refractivity contribution in [3.05, 3.63) is 192 Å². The minimum atomic E-state index is -2.23. The Labute approximate surface area is 448 Å². The average Bonchev–Trinajstić information content (AvgIpc) is 3.97. The maximum Gasteiger partial charge on any atom is 0.216 e. The fourth-order valence-electron chi connectivity index (χ4n) is 10.4. The summed E-state index contributed by atoms with van der Waals surface area (Å²) >= 11 is 0. The number of pyridine rings is 2. The van der Waals surface area contributed by atoms with E-state index in [1.165, 1.54) is 44.3 Å². The number of benzene rings is 7. The van der Waals surface area contributed by atoms with Gasteiger partial charge in [0.1, 0.15) is 0 Å². The number of halogens is 1. The summed E-state index contributed by atoms with van der Waals surface area (Å²) in [7, 11) is -1.88. The normalized spacial score (nSPS) is 12.7. The molecule has 0 aliphatic rings. The van der Waals surface area contributed by atoms with E-state index in [0.29, 0.717) is 45.9 Å². The van der Waals surface area contributed by atoms with E-state index >= 15 is 0 Å². The maximum atomic E-state index is 14.3. The fraction of sp³-hybridized carbons (Fsp3) is 0.246. The molecule has 0 amide bonds. The van der Waals surface area contributed by atoms with Crippen LogP contribution >= 0.6 is 0 Å². The van der Waals surface area contributed by atoms with E-state index in [-0.39, 0.29) is 25.9 Å². The van der Waals surface area contributed by atoms with Crippen LogP contribution in [-0.2, 0) is 33.1 Å². The Hall–Kier alpha value is -6.57. The molecule has 0 N–H and O–H groups in total. The molecule has 73 heavy (non-hydrogen) atoms. The van der Waals surface area contributed by atoms with Crippen molar-refractivity contribution in [2.75, 3.05) is 0 Å². The standard InChI is InChI=1S/C44H42N3O.C21H21FNSi.Ir/c1-26(2)37-25-30-14-8-9-15-31(30)40(28(5)6)33(37)19-12-24-47-41-32-16-10-7-13-29(32)20-22-39(41)45-43(47)36-18-11-17-34-35-21-23-38(27(3)4)46-44(35)48-42(34)36;1-15-12-20(23-14-21(15)24(2,3)4)17-10-11-19(22)18(13-17)16-8-6-5-7-9-16;/h7-11,13-17,20-23,25-28H,12,19,24H2,1-6H3;5-9,11-14H,1-4H3;/q2*-1;/i;1D3;. The predicted molar refractivity (Wildman–Crippen MR) is 303 cm³/mol. The second-order valence-electron chi connectivity index (χ2n) is 21.0. The summed E-state index contributed by atoms with van der Waals surface area (Å²) in [6, 6.07) is 52.9. The van der Waals surface area contributed by atoms with E-state index in [9.17, 15) is 4.39 Å². The van der Waals surface area contributed by atoms with Gasteiger partial charge in [-0.2, -0.15) is 0 Å². The molecule has 0 saturated heterocycles. The summed E-state index contributed by atoms with van der Waals surface area (Å²) in [5.74, 6) is 1.71. The van der Waals surface area contributed by atoms with Gasteiger partial charge in [-0.3, -0.25) is 9.37 Å². The zero-order valence-electron chi connectivity index (χ0n) is 46.1. The van der Waals surface area contributed by atoms with Crippen LogP contribution < -0.4 is 5.19 Å². The van der Waals surface area contributed by atoms with Crippen molar-refractivity contribution < 1.29 is 33.0 Å². The van der Waals surface area contributed by atoms with E-state index < -0.39 is 14.9 Å². The van der Waals surface area contributed by atoms with Gasteiger partial charge >= 0.3 is 0 Å². The molecule has 0 aliphatic carbocycles. The number of furan rings is 1. The molecule has 1 radical (unpaired) electrons. The summed E-state index contributed by atoms with van der Waals surface area (Å²) in [4.78, 5) is 14.7. The third kappa shape index (κ3) is 10.1. The topological polar surface area (TPSA) is 56.7 Å². The first-order chi connectivity index (χ1) is 35.9.